The van der Waals surface area contributed by atoms with Crippen LogP contribution >= 0.6 is 22.9 Å². The Hall–Kier alpha value is -2.11. The molecule has 4 rings (SSSR count). The molecule has 186 valence electrons. The smallest absolute Gasteiger partial charge is 0.378 e. The SMILES string of the molecule is Cc1c(Cl)c(C(F)(F)F)nn1[C@H](C)C(=O)Nc1sc2c(c1C(=O)N1CCOCC1)CC[C@@H](C)C2. The number of carbonyl (C=O) groups excluding carboxylic acids is 2. The van der Waals surface area contributed by atoms with Crippen molar-refractivity contribution in [3.63, 3.8) is 0 Å². The highest BCUT2D eigenvalue weighted by atomic mass is 35.5. The van der Waals surface area contributed by atoms with E-state index in [1.54, 1.807) is 4.90 Å². The number of rotatable bonds is 4. The first-order valence-electron chi connectivity index (χ1n) is 11.1. The molecule has 1 fully saturated rings. The Kier molecular flexibility index (Phi) is 6.99. The van der Waals surface area contributed by atoms with Gasteiger partial charge in [-0.15, -0.1) is 11.3 Å². The number of nitrogens with zero attached hydrogens (tertiary/aromatic N) is 3. The Morgan fingerprint density at radius 3 is 2.59 bits per heavy atom. The van der Waals surface area contributed by atoms with Crippen LogP contribution in [0.3, 0.4) is 0 Å². The fourth-order valence-corrected chi connectivity index (χ4v) is 6.01. The average Bonchev–Trinajstić information content (AvgIpc) is 3.29. The average molecular weight is 519 g/mol. The maximum atomic E-state index is 13.4. The van der Waals surface area contributed by atoms with E-state index in [0.29, 0.717) is 42.8 Å². The summed E-state index contributed by atoms with van der Waals surface area (Å²) in [4.78, 5) is 29.3. The van der Waals surface area contributed by atoms with E-state index in [1.165, 1.54) is 25.2 Å². The van der Waals surface area contributed by atoms with Crippen LogP contribution in [0.25, 0.3) is 0 Å². The van der Waals surface area contributed by atoms with Gasteiger partial charge in [-0.2, -0.15) is 18.3 Å². The van der Waals surface area contributed by atoms with E-state index in [1.807, 2.05) is 0 Å². The third kappa shape index (κ3) is 4.70. The molecular formula is C22H26ClF3N4O3S. The second kappa shape index (κ2) is 9.50. The van der Waals surface area contributed by atoms with E-state index in [4.69, 9.17) is 16.3 Å². The lowest BCUT2D eigenvalue weighted by molar-refractivity contribution is -0.141. The molecular weight excluding hydrogens is 493 g/mol. The molecule has 0 saturated carbocycles. The Morgan fingerprint density at radius 2 is 1.97 bits per heavy atom. The molecule has 1 aliphatic heterocycles. The number of nitrogens with one attached hydrogen (secondary N) is 1. The molecule has 2 aromatic heterocycles. The number of hydrogen-bond donors (Lipinski definition) is 1. The second-order valence-electron chi connectivity index (χ2n) is 8.82. The largest absolute Gasteiger partial charge is 0.436 e. The normalized spacial score (nSPS) is 19.6. The number of ether oxygens (including phenoxy) is 1. The van der Waals surface area contributed by atoms with Gasteiger partial charge in [-0.1, -0.05) is 18.5 Å². The van der Waals surface area contributed by atoms with Crippen molar-refractivity contribution >= 4 is 39.8 Å². The topological polar surface area (TPSA) is 76.5 Å². The van der Waals surface area contributed by atoms with Crippen LogP contribution in [0.15, 0.2) is 0 Å². The van der Waals surface area contributed by atoms with Gasteiger partial charge in [0, 0.05) is 18.0 Å². The van der Waals surface area contributed by atoms with Crippen molar-refractivity contribution in [1.29, 1.82) is 0 Å². The van der Waals surface area contributed by atoms with Crippen LogP contribution in [-0.2, 0) is 28.5 Å². The van der Waals surface area contributed by atoms with Gasteiger partial charge in [-0.25, -0.2) is 0 Å². The Labute approximate surface area is 204 Å². The van der Waals surface area contributed by atoms with Gasteiger partial charge in [-0.05, 0) is 44.6 Å². The number of alkyl halides is 3. The molecule has 7 nitrogen and oxygen atoms in total. The minimum atomic E-state index is -4.73. The monoisotopic (exact) mass is 518 g/mol. The van der Waals surface area contributed by atoms with Crippen LogP contribution in [0.2, 0.25) is 5.02 Å². The second-order valence-corrected chi connectivity index (χ2v) is 10.3. The molecule has 2 amide bonds. The van der Waals surface area contributed by atoms with E-state index in [0.717, 1.165) is 34.4 Å². The van der Waals surface area contributed by atoms with Gasteiger partial charge < -0.3 is 15.0 Å². The number of amides is 2. The molecule has 0 spiro atoms. The maximum Gasteiger partial charge on any atom is 0.436 e. The highest BCUT2D eigenvalue weighted by Crippen LogP contribution is 2.41. The van der Waals surface area contributed by atoms with Crippen LogP contribution in [-0.4, -0.2) is 52.8 Å². The predicted octanol–water partition coefficient (Wildman–Crippen LogP) is 4.72. The molecule has 2 aliphatic rings. The number of aromatic nitrogens is 2. The Morgan fingerprint density at radius 1 is 1.29 bits per heavy atom. The van der Waals surface area contributed by atoms with Gasteiger partial charge >= 0.3 is 6.18 Å². The molecule has 0 radical (unpaired) electrons. The standard InChI is InChI=1S/C22H26ClF3N4O3S/c1-11-4-5-14-15(10-11)34-20(16(14)21(32)29-6-8-33-9-7-29)27-19(31)13(3)30-12(2)17(23)18(28-30)22(24,25)26/h11,13H,4-10H2,1-3H3,(H,27,31)/t11-,13-/m1/s1. The summed E-state index contributed by atoms with van der Waals surface area (Å²) in [6.45, 7) is 6.82. The van der Waals surface area contributed by atoms with Crippen LogP contribution in [0, 0.1) is 12.8 Å². The molecule has 2 atom stereocenters. The molecule has 0 aromatic carbocycles. The summed E-state index contributed by atoms with van der Waals surface area (Å²) in [5, 5.41) is 6.27. The van der Waals surface area contributed by atoms with Crippen LogP contribution < -0.4 is 5.32 Å². The van der Waals surface area contributed by atoms with Crippen molar-refractivity contribution in [2.75, 3.05) is 31.6 Å². The van der Waals surface area contributed by atoms with Crippen molar-refractivity contribution in [1.82, 2.24) is 14.7 Å². The van der Waals surface area contributed by atoms with Crippen LogP contribution in [0.5, 0.6) is 0 Å². The zero-order chi connectivity index (χ0) is 24.8. The number of morpholine rings is 1. The number of carbonyl (C=O) groups is 2. The number of hydrogen-bond acceptors (Lipinski definition) is 5. The van der Waals surface area contributed by atoms with E-state index in [-0.39, 0.29) is 11.6 Å². The quantitative estimate of drug-likeness (QED) is 0.635. The van der Waals surface area contributed by atoms with Gasteiger partial charge in [0.1, 0.15) is 11.0 Å². The molecule has 1 N–H and O–H groups in total. The summed E-state index contributed by atoms with van der Waals surface area (Å²) in [6.07, 6.45) is -2.23. The van der Waals surface area contributed by atoms with Gasteiger partial charge in [0.2, 0.25) is 5.91 Å². The number of anilines is 1. The lowest BCUT2D eigenvalue weighted by Crippen LogP contribution is -2.41. The van der Waals surface area contributed by atoms with Crippen molar-refractivity contribution in [2.45, 2.75) is 52.3 Å². The lowest BCUT2D eigenvalue weighted by Gasteiger charge is -2.28. The molecule has 3 heterocycles. The maximum absolute atomic E-state index is 13.4. The van der Waals surface area contributed by atoms with E-state index in [2.05, 4.69) is 17.3 Å². The number of fused-ring (bicyclic) bond motifs is 1. The fraction of sp³-hybridized carbons (Fsp3) is 0.591. The lowest BCUT2D eigenvalue weighted by atomic mass is 9.88. The van der Waals surface area contributed by atoms with Crippen molar-refractivity contribution in [2.24, 2.45) is 5.92 Å². The van der Waals surface area contributed by atoms with Gasteiger partial charge in [0.15, 0.2) is 5.69 Å². The van der Waals surface area contributed by atoms with E-state index >= 15 is 0 Å². The van der Waals surface area contributed by atoms with Gasteiger partial charge in [0.25, 0.3) is 5.91 Å². The Balaban J connectivity index is 1.64. The number of halogens is 4. The first-order valence-corrected chi connectivity index (χ1v) is 12.3. The van der Waals surface area contributed by atoms with Crippen LogP contribution in [0.4, 0.5) is 18.2 Å². The highest BCUT2D eigenvalue weighted by Gasteiger charge is 2.39. The third-order valence-electron chi connectivity index (χ3n) is 6.35. The first-order chi connectivity index (χ1) is 16.0. The molecule has 1 aliphatic carbocycles. The van der Waals surface area contributed by atoms with E-state index in [9.17, 15) is 22.8 Å². The van der Waals surface area contributed by atoms with E-state index < -0.39 is 28.8 Å². The summed E-state index contributed by atoms with van der Waals surface area (Å²) in [6, 6.07) is -1.07. The number of thiophene rings is 1. The van der Waals surface area contributed by atoms with Crippen molar-refractivity contribution in [3.05, 3.63) is 32.4 Å². The van der Waals surface area contributed by atoms with Crippen LogP contribution in [0.1, 0.15) is 58.5 Å². The zero-order valence-electron chi connectivity index (χ0n) is 19.1. The third-order valence-corrected chi connectivity index (χ3v) is 7.97. The molecule has 0 bridgehead atoms. The summed E-state index contributed by atoms with van der Waals surface area (Å²) >= 11 is 7.22. The molecule has 0 unspecified atom stereocenters. The molecule has 34 heavy (non-hydrogen) atoms. The zero-order valence-corrected chi connectivity index (χ0v) is 20.7. The molecule has 2 aromatic rings. The molecule has 12 heteroatoms. The Bertz CT molecular complexity index is 1110. The highest BCUT2D eigenvalue weighted by molar-refractivity contribution is 7.17. The fourth-order valence-electron chi connectivity index (χ4n) is 4.37. The predicted molar refractivity (Wildman–Crippen MR) is 123 cm³/mol. The van der Waals surface area contributed by atoms with Gasteiger partial charge in [0.05, 0.1) is 29.5 Å². The van der Waals surface area contributed by atoms with Crippen molar-refractivity contribution in [3.8, 4) is 0 Å². The minimum Gasteiger partial charge on any atom is -0.378 e. The van der Waals surface area contributed by atoms with Gasteiger partial charge in [-0.3, -0.25) is 14.3 Å². The minimum absolute atomic E-state index is 0.0422. The first kappa shape index (κ1) is 25.0. The summed E-state index contributed by atoms with van der Waals surface area (Å²) in [5.41, 5.74) is 0.261. The summed E-state index contributed by atoms with van der Waals surface area (Å²) in [7, 11) is 0. The molecule has 1 saturated heterocycles. The van der Waals surface area contributed by atoms with Crippen molar-refractivity contribution < 1.29 is 27.5 Å². The summed E-state index contributed by atoms with van der Waals surface area (Å²) in [5.74, 6) is -0.260. The summed E-state index contributed by atoms with van der Waals surface area (Å²) < 4.78 is 46.0.